The summed E-state index contributed by atoms with van der Waals surface area (Å²) in [5.41, 5.74) is 2.13. The van der Waals surface area contributed by atoms with Crippen molar-refractivity contribution in [1.82, 2.24) is 20.1 Å². The predicted molar refractivity (Wildman–Crippen MR) is 164 cm³/mol. The molecule has 42 heavy (non-hydrogen) atoms. The molecule has 6 rings (SSSR count). The molecule has 9 nitrogen and oxygen atoms in total. The van der Waals surface area contributed by atoms with E-state index >= 15 is 0 Å². The van der Waals surface area contributed by atoms with Crippen LogP contribution in [0.3, 0.4) is 0 Å². The summed E-state index contributed by atoms with van der Waals surface area (Å²) in [5, 5.41) is 14.1. The van der Waals surface area contributed by atoms with Gasteiger partial charge < -0.3 is 39.1 Å². The first-order chi connectivity index (χ1) is 19.5. The molecule has 1 amide bonds. The van der Waals surface area contributed by atoms with Crippen LogP contribution in [-0.4, -0.2) is 77.4 Å². The minimum atomic E-state index is -0.480. The second kappa shape index (κ2) is 14.4. The highest BCUT2D eigenvalue weighted by atomic mass is 35.5. The Morgan fingerprint density at radius 3 is 2.45 bits per heavy atom. The van der Waals surface area contributed by atoms with Crippen molar-refractivity contribution in [3.63, 3.8) is 0 Å². The molecule has 0 saturated carbocycles. The van der Waals surface area contributed by atoms with Gasteiger partial charge in [-0.15, -0.1) is 24.8 Å². The summed E-state index contributed by atoms with van der Waals surface area (Å²) in [7, 11) is 0. The fraction of sp³-hybridized carbons (Fsp3) is 0.433. The second-order valence-corrected chi connectivity index (χ2v) is 10.8. The number of hydrogen-bond acceptors (Lipinski definition) is 7. The minimum Gasteiger partial charge on any atom is -0.488 e. The third kappa shape index (κ3) is 7.67. The average Bonchev–Trinajstić information content (AvgIpc) is 3.55. The van der Waals surface area contributed by atoms with Gasteiger partial charge in [-0.3, -0.25) is 0 Å². The minimum absolute atomic E-state index is 0. The molecule has 0 unspecified atom stereocenters. The van der Waals surface area contributed by atoms with Crippen molar-refractivity contribution in [2.75, 3.05) is 39.3 Å². The maximum absolute atomic E-state index is 13.7. The smallest absolute Gasteiger partial charge is 0.414 e. The number of nitrogens with one attached hydrogen (secondary N) is 2. The van der Waals surface area contributed by atoms with E-state index in [1.807, 2.05) is 18.2 Å². The zero-order chi connectivity index (χ0) is 27.5. The zero-order valence-corrected chi connectivity index (χ0v) is 24.9. The van der Waals surface area contributed by atoms with Crippen molar-refractivity contribution in [2.24, 2.45) is 0 Å². The summed E-state index contributed by atoms with van der Waals surface area (Å²) in [6.45, 7) is 6.05. The summed E-state index contributed by atoms with van der Waals surface area (Å²) in [6.07, 6.45) is 4.45. The number of halogens is 3. The fourth-order valence-electron chi connectivity index (χ4n) is 5.63. The summed E-state index contributed by atoms with van der Waals surface area (Å²) < 4.78 is 30.8. The van der Waals surface area contributed by atoms with Crippen LogP contribution in [0.2, 0.25) is 0 Å². The van der Waals surface area contributed by atoms with E-state index in [0.29, 0.717) is 22.6 Å². The van der Waals surface area contributed by atoms with Crippen molar-refractivity contribution in [1.29, 1.82) is 0 Å². The van der Waals surface area contributed by atoms with Gasteiger partial charge in [0.1, 0.15) is 23.8 Å². The monoisotopic (exact) mass is 622 g/mol. The van der Waals surface area contributed by atoms with E-state index in [0.717, 1.165) is 81.4 Å². The Bertz CT molecular complexity index is 1460. The van der Waals surface area contributed by atoms with Gasteiger partial charge in [0.2, 0.25) is 5.88 Å². The van der Waals surface area contributed by atoms with Crippen LogP contribution < -0.4 is 14.8 Å². The fourth-order valence-corrected chi connectivity index (χ4v) is 5.63. The van der Waals surface area contributed by atoms with E-state index in [4.69, 9.17) is 13.9 Å². The molecular weight excluding hydrogens is 586 g/mol. The number of aliphatic hydroxyl groups is 1. The Balaban J connectivity index is 0.00000202. The van der Waals surface area contributed by atoms with E-state index < -0.39 is 6.09 Å². The Morgan fingerprint density at radius 1 is 1.00 bits per heavy atom. The first-order valence-electron chi connectivity index (χ1n) is 14.0. The Kier molecular flexibility index (Phi) is 11.0. The zero-order valence-electron chi connectivity index (χ0n) is 23.2. The third-order valence-electron chi connectivity index (χ3n) is 8.00. The largest absolute Gasteiger partial charge is 0.488 e. The van der Waals surface area contributed by atoms with Gasteiger partial charge in [0, 0.05) is 67.7 Å². The lowest BCUT2D eigenvalue weighted by molar-refractivity contribution is 0.0739. The highest BCUT2D eigenvalue weighted by molar-refractivity contribution is 5.88. The number of amides is 1. The molecule has 2 aliphatic heterocycles. The van der Waals surface area contributed by atoms with E-state index in [1.54, 1.807) is 18.4 Å². The van der Waals surface area contributed by atoms with Crippen LogP contribution in [0.15, 0.2) is 53.1 Å². The molecule has 0 spiro atoms. The molecule has 0 bridgehead atoms. The van der Waals surface area contributed by atoms with Gasteiger partial charge in [0.25, 0.3) is 0 Å². The van der Waals surface area contributed by atoms with Crippen LogP contribution >= 0.6 is 24.8 Å². The molecule has 12 heteroatoms. The van der Waals surface area contributed by atoms with E-state index in [1.165, 1.54) is 12.1 Å². The van der Waals surface area contributed by atoms with Gasteiger partial charge in [-0.1, -0.05) is 6.07 Å². The average molecular weight is 624 g/mol. The van der Waals surface area contributed by atoms with E-state index in [-0.39, 0.29) is 49.4 Å². The van der Waals surface area contributed by atoms with Gasteiger partial charge in [-0.25, -0.2) is 9.18 Å². The molecule has 4 heterocycles. The topological polar surface area (TPSA) is 103 Å². The highest BCUT2D eigenvalue weighted by Gasteiger charge is 2.23. The number of hydrogen-bond donors (Lipinski definition) is 3. The number of aliphatic hydroxyl groups excluding tert-OH is 1. The second-order valence-electron chi connectivity index (χ2n) is 10.8. The Morgan fingerprint density at radius 2 is 1.71 bits per heavy atom. The van der Waals surface area contributed by atoms with Crippen LogP contribution in [-0.2, 0) is 6.61 Å². The van der Waals surface area contributed by atoms with Gasteiger partial charge in [-0.2, -0.15) is 0 Å². The Hall–Kier alpha value is -3.02. The van der Waals surface area contributed by atoms with Gasteiger partial charge >= 0.3 is 6.09 Å². The predicted octanol–water partition coefficient (Wildman–Crippen LogP) is 5.49. The molecule has 0 radical (unpaired) electrons. The summed E-state index contributed by atoms with van der Waals surface area (Å²) in [4.78, 5) is 20.6. The molecule has 2 saturated heterocycles. The number of nitrogens with zero attached hydrogens (tertiary/aromatic N) is 2. The molecule has 3 N–H and O–H groups in total. The van der Waals surface area contributed by atoms with Crippen LogP contribution in [0.4, 0.5) is 9.18 Å². The molecule has 2 aromatic heterocycles. The van der Waals surface area contributed by atoms with Crippen molar-refractivity contribution in [2.45, 2.75) is 44.4 Å². The molecule has 2 aliphatic rings. The summed E-state index contributed by atoms with van der Waals surface area (Å²) in [5.74, 6) is 0.620. The molecule has 0 atom stereocenters. The molecule has 4 aromatic rings. The lowest BCUT2D eigenvalue weighted by Gasteiger charge is -2.35. The molecular formula is C30H37Cl2FN4O5. The first-order valence-corrected chi connectivity index (χ1v) is 14.0. The van der Waals surface area contributed by atoms with Crippen LogP contribution in [0.5, 0.6) is 11.6 Å². The normalized spacial score (nSPS) is 17.1. The number of carbonyl (C=O) groups excluding carboxylic acids is 1. The first kappa shape index (κ1) is 31.9. The van der Waals surface area contributed by atoms with Crippen LogP contribution in [0, 0.1) is 5.82 Å². The van der Waals surface area contributed by atoms with Gasteiger partial charge in [-0.05, 0) is 56.0 Å². The summed E-state index contributed by atoms with van der Waals surface area (Å²) in [6, 6.07) is 11.8. The number of carbonyl (C=O) groups is 1. The van der Waals surface area contributed by atoms with Crippen molar-refractivity contribution >= 4 is 52.8 Å². The summed E-state index contributed by atoms with van der Waals surface area (Å²) >= 11 is 0. The number of H-pyrrole nitrogens is 1. The van der Waals surface area contributed by atoms with Crippen molar-refractivity contribution in [3.8, 4) is 11.6 Å². The third-order valence-corrected chi connectivity index (χ3v) is 8.00. The van der Waals surface area contributed by atoms with Gasteiger partial charge in [0.05, 0.1) is 17.9 Å². The number of aromatic nitrogens is 1. The molecule has 228 valence electrons. The van der Waals surface area contributed by atoms with Crippen molar-refractivity contribution in [3.05, 3.63) is 60.1 Å². The lowest BCUT2D eigenvalue weighted by Crippen LogP contribution is -2.47. The number of aromatic amines is 1. The SMILES string of the molecule is Cl.Cl.O=C(NC1CCN(CCN2CCC(O)CC2)CC1)Oc1cc2c(OCc3coc4ccc(F)cc34)cccc2[nH]1. The molecule has 2 fully saturated rings. The molecule has 2 aromatic carbocycles. The quantitative estimate of drug-likeness (QED) is 0.239. The number of ether oxygens (including phenoxy) is 2. The maximum Gasteiger partial charge on any atom is 0.414 e. The molecule has 0 aliphatic carbocycles. The number of likely N-dealkylation sites (tertiary alicyclic amines) is 2. The number of fused-ring (bicyclic) bond motifs is 2. The van der Waals surface area contributed by atoms with Gasteiger partial charge in [0.15, 0.2) is 0 Å². The van der Waals surface area contributed by atoms with E-state index in [9.17, 15) is 14.3 Å². The van der Waals surface area contributed by atoms with Crippen molar-refractivity contribution < 1.29 is 28.2 Å². The van der Waals surface area contributed by atoms with E-state index in [2.05, 4.69) is 20.1 Å². The number of piperidine rings is 2. The van der Waals surface area contributed by atoms with Crippen LogP contribution in [0.25, 0.3) is 21.9 Å². The number of rotatable bonds is 8. The standard InChI is InChI=1S/C30H35FN4O5.2ClH/c31-21-4-5-28-24(16-21)20(19-39-28)18-38-27-3-1-2-26-25(27)17-29(33-26)40-30(37)32-22-6-10-34(11-7-22)14-15-35-12-8-23(36)9-13-35;;/h1-5,16-17,19,22-23,33,36H,6-15,18H2,(H,32,37);2*1H. The van der Waals surface area contributed by atoms with Crippen LogP contribution in [0.1, 0.15) is 31.2 Å². The number of benzene rings is 2. The number of furan rings is 1. The maximum atomic E-state index is 13.7. The lowest BCUT2D eigenvalue weighted by atomic mass is 10.1. The Labute approximate surface area is 256 Å². The highest BCUT2D eigenvalue weighted by Crippen LogP contribution is 2.31.